The Morgan fingerprint density at radius 1 is 1.38 bits per heavy atom. The van der Waals surface area contributed by atoms with Gasteiger partial charge in [0.2, 0.25) is 0 Å². The third-order valence-corrected chi connectivity index (χ3v) is 5.03. The highest BCUT2D eigenvalue weighted by atomic mass is 79.9. The topological polar surface area (TPSA) is 44.1 Å². The van der Waals surface area contributed by atoms with Crippen molar-refractivity contribution in [2.75, 3.05) is 0 Å². The van der Waals surface area contributed by atoms with Crippen LogP contribution < -0.4 is 10.4 Å². The van der Waals surface area contributed by atoms with Gasteiger partial charge in [0, 0.05) is 12.1 Å². The number of ether oxygens (including phenoxy) is 1. The van der Waals surface area contributed by atoms with Crippen LogP contribution in [0.5, 0.6) is 5.75 Å². The molecule has 2 aromatic rings. The summed E-state index contributed by atoms with van der Waals surface area (Å²) in [6.07, 6.45) is 0.809. The highest BCUT2D eigenvalue weighted by Crippen LogP contribution is 2.30. The number of nitrogens with zero attached hydrogens (tertiary/aromatic N) is 2. The van der Waals surface area contributed by atoms with E-state index in [9.17, 15) is 4.79 Å². The second kappa shape index (κ2) is 5.30. The van der Waals surface area contributed by atoms with Crippen molar-refractivity contribution in [3.8, 4) is 5.75 Å². The van der Waals surface area contributed by atoms with Crippen molar-refractivity contribution >= 4 is 15.9 Å². The number of rotatable bonds is 2. The van der Waals surface area contributed by atoms with E-state index in [-0.39, 0.29) is 11.8 Å². The molecule has 3 rings (SSSR count). The Kier molecular flexibility index (Phi) is 3.61. The third kappa shape index (κ3) is 2.62. The third-order valence-electron chi connectivity index (χ3n) is 3.88. The van der Waals surface area contributed by atoms with Gasteiger partial charge in [-0.15, -0.1) is 0 Å². The zero-order valence-electron chi connectivity index (χ0n) is 12.3. The largest absolute Gasteiger partial charge is 0.488 e. The Balaban J connectivity index is 1.87. The first-order chi connectivity index (χ1) is 9.95. The molecule has 1 atom stereocenters. The van der Waals surface area contributed by atoms with Crippen molar-refractivity contribution < 1.29 is 4.74 Å². The Bertz CT molecular complexity index is 768. The van der Waals surface area contributed by atoms with Gasteiger partial charge >= 0.3 is 5.69 Å². The number of fused-ring (bicyclic) bond motifs is 1. The van der Waals surface area contributed by atoms with Crippen LogP contribution in [0.4, 0.5) is 0 Å². The lowest BCUT2D eigenvalue weighted by molar-refractivity contribution is 0.205. The number of benzene rings is 1. The molecule has 0 radical (unpaired) electrons. The second-order valence-corrected chi connectivity index (χ2v) is 6.34. The van der Waals surface area contributed by atoms with E-state index < -0.39 is 0 Å². The Labute approximate surface area is 131 Å². The SMILES string of the molecule is Cc1ccc2c(c1)CC(Cn1c(C)c(Br)c(C)nc1=O)O2. The first kappa shape index (κ1) is 14.3. The molecule has 0 amide bonds. The maximum absolute atomic E-state index is 12.1. The molecule has 0 saturated heterocycles. The smallest absolute Gasteiger partial charge is 0.348 e. The molecule has 5 heteroatoms. The summed E-state index contributed by atoms with van der Waals surface area (Å²) in [6, 6.07) is 6.19. The van der Waals surface area contributed by atoms with Crippen LogP contribution in [0.15, 0.2) is 27.5 Å². The van der Waals surface area contributed by atoms with Crippen molar-refractivity contribution in [2.24, 2.45) is 0 Å². The first-order valence-electron chi connectivity index (χ1n) is 6.95. The molecule has 0 aliphatic carbocycles. The second-order valence-electron chi connectivity index (χ2n) is 5.54. The zero-order chi connectivity index (χ0) is 15.1. The highest BCUT2D eigenvalue weighted by molar-refractivity contribution is 9.10. The van der Waals surface area contributed by atoms with E-state index in [4.69, 9.17) is 4.74 Å². The Morgan fingerprint density at radius 2 is 2.14 bits per heavy atom. The first-order valence-corrected chi connectivity index (χ1v) is 7.74. The van der Waals surface area contributed by atoms with Gasteiger partial charge in [0.25, 0.3) is 0 Å². The van der Waals surface area contributed by atoms with Crippen LogP contribution in [0.1, 0.15) is 22.5 Å². The lowest BCUT2D eigenvalue weighted by Crippen LogP contribution is -2.32. The summed E-state index contributed by atoms with van der Waals surface area (Å²) >= 11 is 3.49. The summed E-state index contributed by atoms with van der Waals surface area (Å²) in [7, 11) is 0. The molecule has 110 valence electrons. The van der Waals surface area contributed by atoms with Gasteiger partial charge in [-0.25, -0.2) is 4.79 Å². The number of hydrogen-bond acceptors (Lipinski definition) is 3. The minimum absolute atomic E-state index is 0.0189. The molecule has 1 aliphatic heterocycles. The number of aromatic nitrogens is 2. The minimum Gasteiger partial charge on any atom is -0.488 e. The predicted octanol–water partition coefficient (Wildman–Crippen LogP) is 2.93. The van der Waals surface area contributed by atoms with Gasteiger partial charge in [0.15, 0.2) is 0 Å². The van der Waals surface area contributed by atoms with E-state index >= 15 is 0 Å². The Morgan fingerprint density at radius 3 is 2.90 bits per heavy atom. The summed E-state index contributed by atoms with van der Waals surface area (Å²) in [5, 5.41) is 0. The Hall–Kier alpha value is -1.62. The van der Waals surface area contributed by atoms with Crippen LogP contribution in [0.25, 0.3) is 0 Å². The van der Waals surface area contributed by atoms with Gasteiger partial charge in [-0.2, -0.15) is 4.98 Å². The fourth-order valence-corrected chi connectivity index (χ4v) is 3.05. The van der Waals surface area contributed by atoms with E-state index in [1.165, 1.54) is 11.1 Å². The van der Waals surface area contributed by atoms with Gasteiger partial charge < -0.3 is 4.74 Å². The lowest BCUT2D eigenvalue weighted by atomic mass is 10.1. The molecule has 0 fully saturated rings. The van der Waals surface area contributed by atoms with E-state index in [0.717, 1.165) is 28.0 Å². The van der Waals surface area contributed by atoms with E-state index in [0.29, 0.717) is 6.54 Å². The number of hydrogen-bond donors (Lipinski definition) is 0. The number of aryl methyl sites for hydroxylation is 2. The van der Waals surface area contributed by atoms with Gasteiger partial charge in [0.1, 0.15) is 11.9 Å². The average molecular weight is 349 g/mol. The van der Waals surface area contributed by atoms with Crippen molar-refractivity contribution in [2.45, 2.75) is 39.8 Å². The van der Waals surface area contributed by atoms with Crippen molar-refractivity contribution in [3.05, 3.63) is 55.7 Å². The van der Waals surface area contributed by atoms with Gasteiger partial charge in [0.05, 0.1) is 16.7 Å². The van der Waals surface area contributed by atoms with Crippen LogP contribution >= 0.6 is 15.9 Å². The van der Waals surface area contributed by atoms with Crippen LogP contribution in [0.2, 0.25) is 0 Å². The molecule has 1 aliphatic rings. The van der Waals surface area contributed by atoms with Crippen LogP contribution in [-0.2, 0) is 13.0 Å². The van der Waals surface area contributed by atoms with Crippen LogP contribution in [-0.4, -0.2) is 15.7 Å². The molecule has 2 heterocycles. The quantitative estimate of drug-likeness (QED) is 0.837. The van der Waals surface area contributed by atoms with Crippen LogP contribution in [0, 0.1) is 20.8 Å². The van der Waals surface area contributed by atoms with Gasteiger partial charge in [-0.3, -0.25) is 4.57 Å². The predicted molar refractivity (Wildman–Crippen MR) is 85.0 cm³/mol. The maximum atomic E-state index is 12.1. The molecule has 1 unspecified atom stereocenters. The summed E-state index contributed by atoms with van der Waals surface area (Å²) in [5.41, 5.74) is 3.84. The van der Waals surface area contributed by atoms with Gasteiger partial charge in [-0.1, -0.05) is 17.7 Å². The van der Waals surface area contributed by atoms with E-state index in [1.807, 2.05) is 26.0 Å². The average Bonchev–Trinajstić information content (AvgIpc) is 2.83. The zero-order valence-corrected chi connectivity index (χ0v) is 13.9. The van der Waals surface area contributed by atoms with E-state index in [1.54, 1.807) is 4.57 Å². The molecule has 21 heavy (non-hydrogen) atoms. The summed E-state index contributed by atoms with van der Waals surface area (Å²) < 4.78 is 8.51. The highest BCUT2D eigenvalue weighted by Gasteiger charge is 2.24. The lowest BCUT2D eigenvalue weighted by Gasteiger charge is -2.16. The minimum atomic E-state index is -0.219. The van der Waals surface area contributed by atoms with Gasteiger partial charge in [-0.05, 0) is 48.3 Å². The van der Waals surface area contributed by atoms with Crippen molar-refractivity contribution in [3.63, 3.8) is 0 Å². The molecule has 1 aromatic heterocycles. The fraction of sp³-hybridized carbons (Fsp3) is 0.375. The summed E-state index contributed by atoms with van der Waals surface area (Å²) in [4.78, 5) is 16.1. The molecule has 0 saturated carbocycles. The standard InChI is InChI=1S/C16H17BrN2O2/c1-9-4-5-14-12(6-9)7-13(21-14)8-19-11(3)15(17)10(2)18-16(19)20/h4-6,13H,7-8H2,1-3H3. The number of halogens is 1. The van der Waals surface area contributed by atoms with E-state index in [2.05, 4.69) is 33.9 Å². The molecule has 0 N–H and O–H groups in total. The molecule has 4 nitrogen and oxygen atoms in total. The molecular weight excluding hydrogens is 332 g/mol. The van der Waals surface area contributed by atoms with Crippen molar-refractivity contribution in [1.29, 1.82) is 0 Å². The fourth-order valence-electron chi connectivity index (χ4n) is 2.75. The summed E-state index contributed by atoms with van der Waals surface area (Å²) in [5.74, 6) is 0.926. The molecule has 0 spiro atoms. The summed E-state index contributed by atoms with van der Waals surface area (Å²) in [6.45, 7) is 6.34. The van der Waals surface area contributed by atoms with Crippen LogP contribution in [0.3, 0.4) is 0 Å². The normalized spacial score (nSPS) is 16.7. The molecule has 1 aromatic carbocycles. The van der Waals surface area contributed by atoms with Crippen molar-refractivity contribution in [1.82, 2.24) is 9.55 Å². The molecular formula is C16H17BrN2O2. The maximum Gasteiger partial charge on any atom is 0.348 e. The monoisotopic (exact) mass is 348 g/mol. The molecule has 0 bridgehead atoms.